The fraction of sp³-hybridized carbons (Fsp3) is 0.304. The number of carbonyl (C=O) groups excluding carboxylic acids is 1. The number of ether oxygens (including phenoxy) is 2. The molecule has 3 rings (SSSR count). The van der Waals surface area contributed by atoms with Crippen LogP contribution < -0.4 is 4.74 Å². The first-order chi connectivity index (χ1) is 13.0. The van der Waals surface area contributed by atoms with Crippen LogP contribution in [-0.4, -0.2) is 24.7 Å². The topological polar surface area (TPSA) is 48.4 Å². The van der Waals surface area contributed by atoms with Crippen LogP contribution in [0.4, 0.5) is 0 Å². The molecule has 0 amide bonds. The highest BCUT2D eigenvalue weighted by Gasteiger charge is 2.21. The molecular formula is C23H25NO3. The summed E-state index contributed by atoms with van der Waals surface area (Å²) in [5.41, 5.74) is 6.15. The predicted octanol–water partition coefficient (Wildman–Crippen LogP) is 5.40. The van der Waals surface area contributed by atoms with Crippen molar-refractivity contribution in [1.29, 1.82) is 0 Å². The number of pyridine rings is 1. The van der Waals surface area contributed by atoms with Crippen molar-refractivity contribution in [1.82, 2.24) is 4.98 Å². The zero-order chi connectivity index (χ0) is 19.6. The molecule has 2 aromatic carbocycles. The Hall–Kier alpha value is -2.88. The summed E-state index contributed by atoms with van der Waals surface area (Å²) >= 11 is 0. The number of methoxy groups -OCH3 is 1. The average molecular weight is 363 g/mol. The molecule has 0 radical (unpaired) electrons. The summed E-state index contributed by atoms with van der Waals surface area (Å²) in [4.78, 5) is 17.8. The highest BCUT2D eigenvalue weighted by molar-refractivity contribution is 6.07. The number of rotatable bonds is 5. The van der Waals surface area contributed by atoms with Crippen molar-refractivity contribution in [3.05, 3.63) is 58.7 Å². The van der Waals surface area contributed by atoms with Crippen molar-refractivity contribution in [2.24, 2.45) is 0 Å². The molecule has 0 aliphatic carbocycles. The molecule has 0 unspecified atom stereocenters. The van der Waals surface area contributed by atoms with Gasteiger partial charge in [0.2, 0.25) is 0 Å². The molecule has 4 heteroatoms. The highest BCUT2D eigenvalue weighted by atomic mass is 16.5. The van der Waals surface area contributed by atoms with Crippen molar-refractivity contribution in [3.63, 3.8) is 0 Å². The number of hydrogen-bond acceptors (Lipinski definition) is 4. The molecule has 0 aliphatic heterocycles. The fourth-order valence-electron chi connectivity index (χ4n) is 3.37. The minimum atomic E-state index is -0.290. The molecule has 4 nitrogen and oxygen atoms in total. The van der Waals surface area contributed by atoms with Crippen LogP contribution >= 0.6 is 0 Å². The summed E-state index contributed by atoms with van der Waals surface area (Å²) in [6.07, 6.45) is 0.789. The SMILES string of the molecule is CCCOC(=O)c1c(C)c(-c2ccc(OC)cc2)nc2c(C)cc(C)cc12. The van der Waals surface area contributed by atoms with Crippen LogP contribution in [0.25, 0.3) is 22.2 Å². The van der Waals surface area contributed by atoms with E-state index in [1.54, 1.807) is 7.11 Å². The molecule has 0 saturated heterocycles. The smallest absolute Gasteiger partial charge is 0.339 e. The number of aromatic nitrogens is 1. The maximum Gasteiger partial charge on any atom is 0.339 e. The second-order valence-corrected chi connectivity index (χ2v) is 6.80. The van der Waals surface area contributed by atoms with Gasteiger partial charge < -0.3 is 9.47 Å². The van der Waals surface area contributed by atoms with E-state index in [4.69, 9.17) is 14.5 Å². The molecule has 0 N–H and O–H groups in total. The Morgan fingerprint density at radius 3 is 2.41 bits per heavy atom. The predicted molar refractivity (Wildman–Crippen MR) is 109 cm³/mol. The van der Waals surface area contributed by atoms with Gasteiger partial charge in [-0.1, -0.05) is 18.6 Å². The number of nitrogens with zero attached hydrogens (tertiary/aromatic N) is 1. The highest BCUT2D eigenvalue weighted by Crippen LogP contribution is 2.33. The molecule has 27 heavy (non-hydrogen) atoms. The molecule has 0 saturated carbocycles. The second kappa shape index (κ2) is 7.78. The van der Waals surface area contributed by atoms with Crippen LogP contribution in [-0.2, 0) is 4.74 Å². The summed E-state index contributed by atoms with van der Waals surface area (Å²) < 4.78 is 10.7. The van der Waals surface area contributed by atoms with E-state index in [1.807, 2.05) is 58.0 Å². The first kappa shape index (κ1) is 18.9. The second-order valence-electron chi connectivity index (χ2n) is 6.80. The monoisotopic (exact) mass is 363 g/mol. The first-order valence-corrected chi connectivity index (χ1v) is 9.19. The summed E-state index contributed by atoms with van der Waals surface area (Å²) in [6.45, 7) is 8.38. The van der Waals surface area contributed by atoms with Crippen LogP contribution in [0.15, 0.2) is 36.4 Å². The standard InChI is InChI=1S/C23H25NO3/c1-6-11-27-23(25)20-16(4)22(17-7-9-18(26-5)10-8-17)24-21-15(3)12-14(2)13-19(20)21/h7-10,12-13H,6,11H2,1-5H3. The van der Waals surface area contributed by atoms with Crippen LogP contribution in [0.2, 0.25) is 0 Å². The summed E-state index contributed by atoms with van der Waals surface area (Å²) in [6, 6.07) is 11.8. The maximum absolute atomic E-state index is 12.9. The summed E-state index contributed by atoms with van der Waals surface area (Å²) in [5, 5.41) is 0.850. The first-order valence-electron chi connectivity index (χ1n) is 9.19. The minimum Gasteiger partial charge on any atom is -0.497 e. The van der Waals surface area contributed by atoms with E-state index in [2.05, 4.69) is 6.07 Å². The lowest BCUT2D eigenvalue weighted by Crippen LogP contribution is -2.11. The molecule has 0 bridgehead atoms. The van der Waals surface area contributed by atoms with E-state index in [0.717, 1.165) is 51.0 Å². The Morgan fingerprint density at radius 2 is 1.78 bits per heavy atom. The molecule has 0 spiro atoms. The number of benzene rings is 2. The summed E-state index contributed by atoms with van der Waals surface area (Å²) in [7, 11) is 1.64. The average Bonchev–Trinajstić information content (AvgIpc) is 2.65. The Balaban J connectivity index is 2.28. The van der Waals surface area contributed by atoms with Gasteiger partial charge in [-0.2, -0.15) is 0 Å². The van der Waals surface area contributed by atoms with Crippen molar-refractivity contribution in [2.45, 2.75) is 34.1 Å². The van der Waals surface area contributed by atoms with Gasteiger partial charge in [-0.05, 0) is 68.7 Å². The van der Waals surface area contributed by atoms with Gasteiger partial charge in [0.25, 0.3) is 0 Å². The Labute approximate surface area is 160 Å². The lowest BCUT2D eigenvalue weighted by atomic mass is 9.95. The van der Waals surface area contributed by atoms with E-state index in [-0.39, 0.29) is 5.97 Å². The van der Waals surface area contributed by atoms with E-state index in [0.29, 0.717) is 12.2 Å². The van der Waals surface area contributed by atoms with Crippen LogP contribution in [0.1, 0.15) is 40.4 Å². The van der Waals surface area contributed by atoms with Crippen molar-refractivity contribution >= 4 is 16.9 Å². The zero-order valence-electron chi connectivity index (χ0n) is 16.6. The van der Waals surface area contributed by atoms with Gasteiger partial charge in [0.15, 0.2) is 0 Å². The van der Waals surface area contributed by atoms with E-state index in [1.165, 1.54) is 0 Å². The van der Waals surface area contributed by atoms with Crippen molar-refractivity contribution in [2.75, 3.05) is 13.7 Å². The van der Waals surface area contributed by atoms with Gasteiger partial charge in [-0.3, -0.25) is 0 Å². The molecule has 0 fully saturated rings. The molecule has 0 atom stereocenters. The third-order valence-electron chi connectivity index (χ3n) is 4.67. The van der Waals surface area contributed by atoms with Gasteiger partial charge in [0.05, 0.1) is 30.5 Å². The lowest BCUT2D eigenvalue weighted by molar-refractivity contribution is 0.0506. The molecule has 1 aromatic heterocycles. The number of hydrogen-bond donors (Lipinski definition) is 0. The van der Waals surface area contributed by atoms with Gasteiger partial charge in [0.1, 0.15) is 5.75 Å². The third-order valence-corrected chi connectivity index (χ3v) is 4.67. The molecule has 1 heterocycles. The van der Waals surface area contributed by atoms with Crippen LogP contribution in [0, 0.1) is 20.8 Å². The Bertz CT molecular complexity index is 991. The van der Waals surface area contributed by atoms with E-state index < -0.39 is 0 Å². The van der Waals surface area contributed by atoms with E-state index in [9.17, 15) is 4.79 Å². The molecule has 0 aliphatic rings. The number of aryl methyl sites for hydroxylation is 2. The minimum absolute atomic E-state index is 0.290. The lowest BCUT2D eigenvalue weighted by Gasteiger charge is -2.16. The van der Waals surface area contributed by atoms with E-state index >= 15 is 0 Å². The van der Waals surface area contributed by atoms with Gasteiger partial charge >= 0.3 is 5.97 Å². The van der Waals surface area contributed by atoms with Crippen LogP contribution in [0.5, 0.6) is 5.75 Å². The molecular weight excluding hydrogens is 338 g/mol. The quantitative estimate of drug-likeness (QED) is 0.569. The molecule has 140 valence electrons. The number of esters is 1. The zero-order valence-corrected chi connectivity index (χ0v) is 16.6. The van der Waals surface area contributed by atoms with Crippen molar-refractivity contribution < 1.29 is 14.3 Å². The largest absolute Gasteiger partial charge is 0.497 e. The number of fused-ring (bicyclic) bond motifs is 1. The normalized spacial score (nSPS) is 10.9. The van der Waals surface area contributed by atoms with Crippen molar-refractivity contribution in [3.8, 4) is 17.0 Å². The van der Waals surface area contributed by atoms with Crippen LogP contribution in [0.3, 0.4) is 0 Å². The maximum atomic E-state index is 12.9. The molecule has 3 aromatic rings. The van der Waals surface area contributed by atoms with Gasteiger partial charge in [-0.15, -0.1) is 0 Å². The Kier molecular flexibility index (Phi) is 5.45. The summed E-state index contributed by atoms with van der Waals surface area (Å²) in [5.74, 6) is 0.494. The van der Waals surface area contributed by atoms with Gasteiger partial charge in [-0.25, -0.2) is 9.78 Å². The Morgan fingerprint density at radius 1 is 1.07 bits per heavy atom. The number of carbonyl (C=O) groups is 1. The fourth-order valence-corrected chi connectivity index (χ4v) is 3.37. The van der Waals surface area contributed by atoms with Gasteiger partial charge in [0, 0.05) is 10.9 Å². The third kappa shape index (κ3) is 3.65.